The number of carbonyl (C=O) groups excluding carboxylic acids is 2. The van der Waals surface area contributed by atoms with Crippen molar-refractivity contribution in [2.45, 2.75) is 32.9 Å². The van der Waals surface area contributed by atoms with Crippen LogP contribution in [0, 0.1) is 0 Å². The molecule has 0 radical (unpaired) electrons. The summed E-state index contributed by atoms with van der Waals surface area (Å²) in [6.45, 7) is 3.81. The summed E-state index contributed by atoms with van der Waals surface area (Å²) in [6.07, 6.45) is 3.84. The Morgan fingerprint density at radius 1 is 1.26 bits per heavy atom. The molecule has 1 atom stereocenters. The van der Waals surface area contributed by atoms with E-state index in [-0.39, 0.29) is 30.7 Å². The number of para-hydroxylation sites is 1. The van der Waals surface area contributed by atoms with E-state index < -0.39 is 5.97 Å². The van der Waals surface area contributed by atoms with Gasteiger partial charge in [0.05, 0.1) is 17.2 Å². The Hall–Kier alpha value is -2.97. The number of ether oxygens (including phenoxy) is 1. The van der Waals surface area contributed by atoms with E-state index in [0.29, 0.717) is 9.20 Å². The molecule has 3 heterocycles. The van der Waals surface area contributed by atoms with E-state index >= 15 is 0 Å². The Morgan fingerprint density at radius 2 is 2.06 bits per heavy atom. The van der Waals surface area contributed by atoms with Crippen molar-refractivity contribution in [3.05, 3.63) is 71.8 Å². The Bertz CT molecular complexity index is 1290. The van der Waals surface area contributed by atoms with Crippen LogP contribution in [-0.4, -0.2) is 29.1 Å². The average molecular weight is 455 g/mol. The first kappa shape index (κ1) is 21.3. The molecule has 3 aromatic rings. The molecule has 0 N–H and O–H groups in total. The standard InChI is InChI=1S/C23H22N2O4S2/c1-3-29-22(27)12-21-24(23(28)19(31-21)11-16-8-9-30-14-16)13-20(26)25-15(2)10-17-6-4-5-7-18(17)25/h4-9,11-12,14-15H,3,10,13H2,1-2H3. The molecular weight excluding hydrogens is 432 g/mol. The minimum Gasteiger partial charge on any atom is -0.463 e. The lowest BCUT2D eigenvalue weighted by Crippen LogP contribution is -2.42. The summed E-state index contributed by atoms with van der Waals surface area (Å²) in [7, 11) is 0. The van der Waals surface area contributed by atoms with Crippen LogP contribution < -0.4 is 19.7 Å². The van der Waals surface area contributed by atoms with E-state index in [1.54, 1.807) is 17.9 Å². The number of thiazole rings is 1. The zero-order chi connectivity index (χ0) is 22.0. The van der Waals surface area contributed by atoms with E-state index in [1.807, 2.05) is 48.0 Å². The predicted octanol–water partition coefficient (Wildman–Crippen LogP) is 2.12. The first-order chi connectivity index (χ1) is 15.0. The summed E-state index contributed by atoms with van der Waals surface area (Å²) in [5, 5.41) is 3.87. The lowest BCUT2D eigenvalue weighted by molar-refractivity contribution is -0.135. The summed E-state index contributed by atoms with van der Waals surface area (Å²) in [5.74, 6) is -0.718. The normalized spacial score (nSPS) is 16.6. The first-order valence-corrected chi connectivity index (χ1v) is 11.8. The highest BCUT2D eigenvalue weighted by Crippen LogP contribution is 2.31. The highest BCUT2D eigenvalue weighted by molar-refractivity contribution is 7.08. The third-order valence-electron chi connectivity index (χ3n) is 5.07. The third kappa shape index (κ3) is 4.40. The minimum absolute atomic E-state index is 0.00793. The van der Waals surface area contributed by atoms with Crippen molar-refractivity contribution < 1.29 is 14.3 Å². The highest BCUT2D eigenvalue weighted by atomic mass is 32.1. The van der Waals surface area contributed by atoms with Gasteiger partial charge in [0.1, 0.15) is 11.2 Å². The molecule has 0 saturated carbocycles. The summed E-state index contributed by atoms with van der Waals surface area (Å²) in [5.41, 5.74) is 2.61. The molecule has 6 nitrogen and oxygen atoms in total. The van der Waals surface area contributed by atoms with Crippen molar-refractivity contribution in [3.8, 4) is 0 Å². The van der Waals surface area contributed by atoms with Gasteiger partial charge in [0.25, 0.3) is 5.56 Å². The molecule has 0 fully saturated rings. The van der Waals surface area contributed by atoms with Crippen molar-refractivity contribution in [2.75, 3.05) is 11.5 Å². The maximum Gasteiger partial charge on any atom is 0.333 e. The molecular formula is C23H22N2O4S2. The quantitative estimate of drug-likeness (QED) is 0.554. The number of anilines is 1. The number of amides is 1. The zero-order valence-corrected chi connectivity index (χ0v) is 18.9. The van der Waals surface area contributed by atoms with Gasteiger partial charge < -0.3 is 9.64 Å². The Morgan fingerprint density at radius 3 is 2.81 bits per heavy atom. The van der Waals surface area contributed by atoms with Gasteiger partial charge in [-0.05, 0) is 60.4 Å². The fourth-order valence-electron chi connectivity index (χ4n) is 3.74. The lowest BCUT2D eigenvalue weighted by Gasteiger charge is -2.22. The molecule has 1 aromatic carbocycles. The summed E-state index contributed by atoms with van der Waals surface area (Å²) < 4.78 is 7.26. The molecule has 0 bridgehead atoms. The minimum atomic E-state index is -0.535. The predicted molar refractivity (Wildman–Crippen MR) is 124 cm³/mol. The molecule has 1 unspecified atom stereocenters. The van der Waals surface area contributed by atoms with E-state index in [1.165, 1.54) is 33.3 Å². The molecule has 31 heavy (non-hydrogen) atoms. The fourth-order valence-corrected chi connectivity index (χ4v) is 5.39. The Kier molecular flexibility index (Phi) is 6.20. The number of carbonyl (C=O) groups is 2. The molecule has 160 valence electrons. The number of benzene rings is 1. The van der Waals surface area contributed by atoms with E-state index in [0.717, 1.165) is 23.2 Å². The summed E-state index contributed by atoms with van der Waals surface area (Å²) >= 11 is 2.72. The third-order valence-corrected chi connectivity index (χ3v) is 6.84. The first-order valence-electron chi connectivity index (χ1n) is 10.00. The van der Waals surface area contributed by atoms with Crippen LogP contribution in [0.3, 0.4) is 0 Å². The second kappa shape index (κ2) is 9.03. The van der Waals surface area contributed by atoms with Gasteiger partial charge in [0.2, 0.25) is 5.91 Å². The van der Waals surface area contributed by atoms with E-state index in [4.69, 9.17) is 4.74 Å². The number of thiophene rings is 1. The molecule has 0 spiro atoms. The van der Waals surface area contributed by atoms with Gasteiger partial charge in [0, 0.05) is 11.7 Å². The zero-order valence-electron chi connectivity index (χ0n) is 17.2. The fraction of sp³-hybridized carbons (Fsp3) is 0.261. The number of hydrogen-bond acceptors (Lipinski definition) is 6. The summed E-state index contributed by atoms with van der Waals surface area (Å²) in [6, 6.07) is 9.73. The van der Waals surface area contributed by atoms with Gasteiger partial charge in [0.15, 0.2) is 0 Å². The maximum absolute atomic E-state index is 13.3. The van der Waals surface area contributed by atoms with Crippen LogP contribution in [0.5, 0.6) is 0 Å². The number of nitrogens with zero attached hydrogens (tertiary/aromatic N) is 2. The molecule has 1 amide bonds. The number of rotatable bonds is 5. The number of fused-ring (bicyclic) bond motifs is 1. The highest BCUT2D eigenvalue weighted by Gasteiger charge is 2.30. The average Bonchev–Trinajstić information content (AvgIpc) is 3.43. The van der Waals surface area contributed by atoms with E-state index in [2.05, 4.69) is 0 Å². The second-order valence-corrected chi connectivity index (χ2v) is 9.08. The van der Waals surface area contributed by atoms with Gasteiger partial charge in [-0.15, -0.1) is 11.3 Å². The van der Waals surface area contributed by atoms with E-state index in [9.17, 15) is 14.4 Å². The van der Waals surface area contributed by atoms with Gasteiger partial charge >= 0.3 is 5.97 Å². The van der Waals surface area contributed by atoms with Crippen molar-refractivity contribution in [1.82, 2.24) is 4.57 Å². The van der Waals surface area contributed by atoms with Gasteiger partial charge in [-0.25, -0.2) is 4.79 Å². The molecule has 2 aromatic heterocycles. The molecule has 0 saturated heterocycles. The van der Waals surface area contributed by atoms with Crippen LogP contribution in [0.25, 0.3) is 12.2 Å². The van der Waals surface area contributed by atoms with Crippen LogP contribution >= 0.6 is 22.7 Å². The van der Waals surface area contributed by atoms with Crippen LogP contribution in [0.4, 0.5) is 5.69 Å². The topological polar surface area (TPSA) is 68.6 Å². The molecule has 4 rings (SSSR count). The number of aromatic nitrogens is 1. The largest absolute Gasteiger partial charge is 0.463 e. The van der Waals surface area contributed by atoms with Crippen molar-refractivity contribution >= 4 is 52.4 Å². The number of esters is 1. The van der Waals surface area contributed by atoms with Crippen LogP contribution in [-0.2, 0) is 27.3 Å². The summed E-state index contributed by atoms with van der Waals surface area (Å²) in [4.78, 5) is 40.2. The van der Waals surface area contributed by atoms with Gasteiger partial charge in [-0.3, -0.25) is 14.2 Å². The van der Waals surface area contributed by atoms with Gasteiger partial charge in [-0.2, -0.15) is 11.3 Å². The second-order valence-electron chi connectivity index (χ2n) is 7.24. The van der Waals surface area contributed by atoms with Crippen molar-refractivity contribution in [1.29, 1.82) is 0 Å². The maximum atomic E-state index is 13.3. The van der Waals surface area contributed by atoms with Crippen molar-refractivity contribution in [3.63, 3.8) is 0 Å². The lowest BCUT2D eigenvalue weighted by atomic mass is 10.1. The van der Waals surface area contributed by atoms with Crippen LogP contribution in [0.1, 0.15) is 25.0 Å². The SMILES string of the molecule is CCOC(=O)C=c1sc(=Cc2ccsc2)c(=O)n1CC(=O)N1c2ccccc2CC1C. The number of hydrogen-bond donors (Lipinski definition) is 0. The Labute approximate surface area is 187 Å². The molecule has 8 heteroatoms. The van der Waals surface area contributed by atoms with Gasteiger partial charge in [-0.1, -0.05) is 18.2 Å². The molecule has 1 aliphatic heterocycles. The van der Waals surface area contributed by atoms with Crippen molar-refractivity contribution in [2.24, 2.45) is 0 Å². The Balaban J connectivity index is 1.75. The molecule has 0 aliphatic carbocycles. The van der Waals surface area contributed by atoms with Crippen LogP contribution in [0.15, 0.2) is 45.9 Å². The molecule has 1 aliphatic rings. The smallest absolute Gasteiger partial charge is 0.333 e. The van der Waals surface area contributed by atoms with Crippen LogP contribution in [0.2, 0.25) is 0 Å². The monoisotopic (exact) mass is 454 g/mol.